The first-order chi connectivity index (χ1) is 9.16. The number of nitrogens with zero attached hydrogens (tertiary/aromatic N) is 1. The molecule has 1 aromatic carbocycles. The van der Waals surface area contributed by atoms with E-state index in [1.54, 1.807) is 0 Å². The van der Waals surface area contributed by atoms with E-state index in [-0.39, 0.29) is 0 Å². The molecular weight excluding hydrogens is 320 g/mol. The van der Waals surface area contributed by atoms with Gasteiger partial charge in [0, 0.05) is 27.0 Å². The van der Waals surface area contributed by atoms with Gasteiger partial charge in [0.15, 0.2) is 0 Å². The molecule has 0 saturated heterocycles. The molecule has 1 aliphatic heterocycles. The molecule has 1 aliphatic rings. The van der Waals surface area contributed by atoms with E-state index in [0.29, 0.717) is 0 Å². The molecule has 3 rings (SSSR count). The molecule has 2 nitrogen and oxygen atoms in total. The van der Waals surface area contributed by atoms with Crippen molar-refractivity contribution >= 4 is 38.0 Å². The highest BCUT2D eigenvalue weighted by Crippen LogP contribution is 2.35. The van der Waals surface area contributed by atoms with Crippen molar-refractivity contribution in [1.29, 1.82) is 0 Å². The SMILES string of the molecule is Cc1sc2c(c1C)C(c1ccc(Br)cc1)=NCCN2. The molecule has 19 heavy (non-hydrogen) atoms. The fourth-order valence-electron chi connectivity index (χ4n) is 2.30. The van der Waals surface area contributed by atoms with Crippen molar-refractivity contribution in [3.63, 3.8) is 0 Å². The number of hydrogen-bond donors (Lipinski definition) is 1. The molecule has 1 N–H and O–H groups in total. The highest BCUT2D eigenvalue weighted by atomic mass is 79.9. The van der Waals surface area contributed by atoms with Crippen LogP contribution < -0.4 is 5.32 Å². The minimum absolute atomic E-state index is 0.825. The molecule has 0 spiro atoms. The number of aryl methyl sites for hydroxylation is 1. The molecule has 1 aromatic heterocycles. The maximum atomic E-state index is 4.78. The molecule has 98 valence electrons. The van der Waals surface area contributed by atoms with Gasteiger partial charge in [0.2, 0.25) is 0 Å². The molecule has 0 unspecified atom stereocenters. The van der Waals surface area contributed by atoms with E-state index in [4.69, 9.17) is 4.99 Å². The molecule has 4 heteroatoms. The number of thiophene rings is 1. The Bertz CT molecular complexity index is 641. The second kappa shape index (κ2) is 5.10. The van der Waals surface area contributed by atoms with Crippen LogP contribution in [0, 0.1) is 13.8 Å². The second-order valence-corrected chi connectivity index (χ2v) is 6.79. The summed E-state index contributed by atoms with van der Waals surface area (Å²) in [4.78, 5) is 6.15. The fourth-order valence-corrected chi connectivity index (χ4v) is 3.65. The number of anilines is 1. The van der Waals surface area contributed by atoms with E-state index in [9.17, 15) is 0 Å². The van der Waals surface area contributed by atoms with Crippen LogP contribution >= 0.6 is 27.3 Å². The number of aliphatic imine (C=N–C) groups is 1. The first-order valence-corrected chi connectivity index (χ1v) is 7.92. The Hall–Kier alpha value is -1.13. The Morgan fingerprint density at radius 1 is 1.21 bits per heavy atom. The highest BCUT2D eigenvalue weighted by molar-refractivity contribution is 9.10. The summed E-state index contributed by atoms with van der Waals surface area (Å²) in [6.07, 6.45) is 0. The average molecular weight is 335 g/mol. The van der Waals surface area contributed by atoms with Gasteiger partial charge in [0.25, 0.3) is 0 Å². The van der Waals surface area contributed by atoms with Crippen molar-refractivity contribution in [2.24, 2.45) is 4.99 Å². The average Bonchev–Trinajstić information content (AvgIpc) is 2.59. The van der Waals surface area contributed by atoms with Gasteiger partial charge in [-0.3, -0.25) is 4.99 Å². The van der Waals surface area contributed by atoms with E-state index in [1.165, 1.54) is 26.6 Å². The largest absolute Gasteiger partial charge is 0.375 e. The van der Waals surface area contributed by atoms with Crippen molar-refractivity contribution in [2.75, 3.05) is 18.4 Å². The summed E-state index contributed by atoms with van der Waals surface area (Å²) in [5.74, 6) is 0. The van der Waals surface area contributed by atoms with Crippen LogP contribution in [0.4, 0.5) is 5.00 Å². The van der Waals surface area contributed by atoms with Gasteiger partial charge in [-0.15, -0.1) is 11.3 Å². The van der Waals surface area contributed by atoms with Crippen LogP contribution in [0.3, 0.4) is 0 Å². The number of halogens is 1. The number of fused-ring (bicyclic) bond motifs is 1. The minimum Gasteiger partial charge on any atom is -0.375 e. The third-order valence-corrected chi connectivity index (χ3v) is 5.10. The zero-order chi connectivity index (χ0) is 13.4. The van der Waals surface area contributed by atoms with Crippen LogP contribution in [0.2, 0.25) is 0 Å². The topological polar surface area (TPSA) is 24.4 Å². The van der Waals surface area contributed by atoms with Gasteiger partial charge in [0.1, 0.15) is 0 Å². The third-order valence-electron chi connectivity index (χ3n) is 3.41. The lowest BCUT2D eigenvalue weighted by Crippen LogP contribution is -2.04. The normalized spacial score (nSPS) is 14.4. The van der Waals surface area contributed by atoms with Gasteiger partial charge < -0.3 is 5.32 Å². The van der Waals surface area contributed by atoms with Gasteiger partial charge in [-0.2, -0.15) is 0 Å². The first-order valence-electron chi connectivity index (χ1n) is 6.31. The van der Waals surface area contributed by atoms with Crippen LogP contribution in [-0.2, 0) is 0 Å². The number of rotatable bonds is 1. The van der Waals surface area contributed by atoms with Gasteiger partial charge in [0.05, 0.1) is 17.3 Å². The molecule has 0 radical (unpaired) electrons. The summed E-state index contributed by atoms with van der Waals surface area (Å²) in [6.45, 7) is 6.10. The number of nitrogens with one attached hydrogen (secondary N) is 1. The summed E-state index contributed by atoms with van der Waals surface area (Å²) in [7, 11) is 0. The Labute approximate surface area is 125 Å². The molecule has 2 aromatic rings. The molecule has 0 aliphatic carbocycles. The van der Waals surface area contributed by atoms with Gasteiger partial charge in [-0.05, 0) is 31.5 Å². The standard InChI is InChI=1S/C15H15BrN2S/c1-9-10(2)19-15-13(9)14(17-7-8-18-15)11-3-5-12(16)6-4-11/h3-6,18H,7-8H2,1-2H3. The summed E-state index contributed by atoms with van der Waals surface area (Å²) in [6, 6.07) is 8.41. The van der Waals surface area contributed by atoms with E-state index < -0.39 is 0 Å². The molecule has 0 fully saturated rings. The van der Waals surface area contributed by atoms with Crippen LogP contribution in [0.5, 0.6) is 0 Å². The maximum Gasteiger partial charge on any atom is 0.0984 e. The predicted octanol–water partition coefficient (Wildman–Crippen LogP) is 4.39. The van der Waals surface area contributed by atoms with Gasteiger partial charge in [-0.25, -0.2) is 0 Å². The Balaban J connectivity index is 2.16. The zero-order valence-corrected chi connectivity index (χ0v) is 13.4. The quantitative estimate of drug-likeness (QED) is 0.821. The van der Waals surface area contributed by atoms with Crippen molar-refractivity contribution in [1.82, 2.24) is 0 Å². The fraction of sp³-hybridized carbons (Fsp3) is 0.267. The summed E-state index contributed by atoms with van der Waals surface area (Å²) in [5, 5.41) is 4.75. The molecule has 0 bridgehead atoms. The molecule has 0 atom stereocenters. The maximum absolute atomic E-state index is 4.78. The van der Waals surface area contributed by atoms with E-state index in [0.717, 1.165) is 23.3 Å². The lowest BCUT2D eigenvalue weighted by atomic mass is 10.0. The lowest BCUT2D eigenvalue weighted by molar-refractivity contribution is 1.04. The highest BCUT2D eigenvalue weighted by Gasteiger charge is 2.20. The number of hydrogen-bond acceptors (Lipinski definition) is 3. The van der Waals surface area contributed by atoms with Crippen molar-refractivity contribution in [3.05, 3.63) is 50.3 Å². The Morgan fingerprint density at radius 2 is 1.95 bits per heavy atom. The van der Waals surface area contributed by atoms with Crippen molar-refractivity contribution in [3.8, 4) is 0 Å². The van der Waals surface area contributed by atoms with Crippen LogP contribution in [0.15, 0.2) is 33.7 Å². The van der Waals surface area contributed by atoms with Crippen LogP contribution in [0.25, 0.3) is 0 Å². The van der Waals surface area contributed by atoms with Gasteiger partial charge >= 0.3 is 0 Å². The monoisotopic (exact) mass is 334 g/mol. The lowest BCUT2D eigenvalue weighted by Gasteiger charge is -2.08. The first kappa shape index (κ1) is 12.9. The molecule has 0 saturated carbocycles. The summed E-state index contributed by atoms with van der Waals surface area (Å²) in [5.41, 5.74) is 4.93. The smallest absolute Gasteiger partial charge is 0.0984 e. The molecule has 2 heterocycles. The Morgan fingerprint density at radius 3 is 2.68 bits per heavy atom. The van der Waals surface area contributed by atoms with E-state index in [1.807, 2.05) is 11.3 Å². The predicted molar refractivity (Wildman–Crippen MR) is 86.9 cm³/mol. The zero-order valence-electron chi connectivity index (χ0n) is 11.0. The van der Waals surface area contributed by atoms with Crippen molar-refractivity contribution < 1.29 is 0 Å². The second-order valence-electron chi connectivity index (χ2n) is 4.65. The van der Waals surface area contributed by atoms with E-state index >= 15 is 0 Å². The minimum atomic E-state index is 0.825. The molecule has 0 amide bonds. The summed E-state index contributed by atoms with van der Waals surface area (Å²) < 4.78 is 1.10. The van der Waals surface area contributed by atoms with Crippen molar-refractivity contribution in [2.45, 2.75) is 13.8 Å². The van der Waals surface area contributed by atoms with Crippen LogP contribution in [-0.4, -0.2) is 18.8 Å². The third kappa shape index (κ3) is 2.35. The van der Waals surface area contributed by atoms with E-state index in [2.05, 4.69) is 59.4 Å². The molecular formula is C15H15BrN2S. The van der Waals surface area contributed by atoms with Gasteiger partial charge in [-0.1, -0.05) is 28.1 Å². The van der Waals surface area contributed by atoms with Crippen LogP contribution in [0.1, 0.15) is 21.6 Å². The number of benzene rings is 1. The Kier molecular flexibility index (Phi) is 3.46. The summed E-state index contributed by atoms with van der Waals surface area (Å²) >= 11 is 5.32.